The van der Waals surface area contributed by atoms with Gasteiger partial charge in [0.25, 0.3) is 5.91 Å². The molecule has 0 fully saturated rings. The molecule has 0 bridgehead atoms. The predicted octanol–water partition coefficient (Wildman–Crippen LogP) is 2.69. The second-order valence-corrected chi connectivity index (χ2v) is 5.21. The van der Waals surface area contributed by atoms with Crippen LogP contribution in [0.15, 0.2) is 41.1 Å². The molecule has 1 heterocycles. The zero-order valence-corrected chi connectivity index (χ0v) is 11.6. The van der Waals surface area contributed by atoms with Gasteiger partial charge in [-0.05, 0) is 30.4 Å². The molecule has 0 saturated heterocycles. The van der Waals surface area contributed by atoms with Crippen molar-refractivity contribution in [2.45, 2.75) is 32.2 Å². The molecule has 1 aromatic heterocycles. The Balaban J connectivity index is 1.81. The van der Waals surface area contributed by atoms with Crippen molar-refractivity contribution in [3.05, 3.63) is 53.4 Å². The highest BCUT2D eigenvalue weighted by Crippen LogP contribution is 2.26. The van der Waals surface area contributed by atoms with Gasteiger partial charge in [-0.3, -0.25) is 4.79 Å². The highest BCUT2D eigenvalue weighted by Gasteiger charge is 2.30. The van der Waals surface area contributed by atoms with Crippen LogP contribution in [0, 0.1) is 0 Å². The lowest BCUT2D eigenvalue weighted by molar-refractivity contribution is 0.0674. The summed E-state index contributed by atoms with van der Waals surface area (Å²) in [6.07, 6.45) is 4.25. The van der Waals surface area contributed by atoms with Crippen LogP contribution in [0.4, 0.5) is 0 Å². The molecule has 1 aliphatic carbocycles. The quantitative estimate of drug-likeness (QED) is 0.858. The van der Waals surface area contributed by atoms with Crippen LogP contribution in [0.5, 0.6) is 0 Å². The molecule has 3 rings (SSSR count). The maximum atomic E-state index is 12.5. The zero-order valence-electron chi connectivity index (χ0n) is 11.6. The molecule has 1 aliphatic rings. The van der Waals surface area contributed by atoms with Crippen LogP contribution in [0.3, 0.4) is 0 Å². The average molecular weight is 270 g/mol. The number of nitrogens with zero attached hydrogens (tertiary/aromatic N) is 2. The number of benzene rings is 1. The fourth-order valence-corrected chi connectivity index (χ4v) is 2.92. The summed E-state index contributed by atoms with van der Waals surface area (Å²) in [6.45, 7) is 2.84. The van der Waals surface area contributed by atoms with E-state index in [4.69, 9.17) is 4.52 Å². The Morgan fingerprint density at radius 2 is 2.00 bits per heavy atom. The number of hydrogen-bond acceptors (Lipinski definition) is 3. The second-order valence-electron chi connectivity index (χ2n) is 5.21. The first-order chi connectivity index (χ1) is 9.79. The van der Waals surface area contributed by atoms with Crippen LogP contribution < -0.4 is 0 Å². The first-order valence-corrected chi connectivity index (χ1v) is 7.07. The molecule has 4 nitrogen and oxygen atoms in total. The fourth-order valence-electron chi connectivity index (χ4n) is 2.92. The van der Waals surface area contributed by atoms with E-state index in [9.17, 15) is 4.79 Å². The lowest BCUT2D eigenvalue weighted by atomic mass is 10.1. The smallest absolute Gasteiger partial charge is 0.276 e. The molecule has 20 heavy (non-hydrogen) atoms. The Labute approximate surface area is 118 Å². The Bertz CT molecular complexity index is 567. The lowest BCUT2D eigenvalue weighted by Crippen LogP contribution is -2.41. The number of fused-ring (bicyclic) bond motifs is 1. The molecule has 2 aromatic rings. The summed E-state index contributed by atoms with van der Waals surface area (Å²) < 4.78 is 4.79. The van der Waals surface area contributed by atoms with Crippen LogP contribution in [-0.2, 0) is 12.8 Å². The maximum Gasteiger partial charge on any atom is 0.276 e. The van der Waals surface area contributed by atoms with Crippen molar-refractivity contribution in [1.29, 1.82) is 0 Å². The molecule has 0 aliphatic heterocycles. The van der Waals surface area contributed by atoms with Crippen LogP contribution >= 0.6 is 0 Å². The summed E-state index contributed by atoms with van der Waals surface area (Å²) >= 11 is 0. The van der Waals surface area contributed by atoms with E-state index in [1.807, 2.05) is 4.90 Å². The van der Waals surface area contributed by atoms with E-state index in [-0.39, 0.29) is 11.9 Å². The van der Waals surface area contributed by atoms with Crippen LogP contribution in [0.2, 0.25) is 0 Å². The van der Waals surface area contributed by atoms with Gasteiger partial charge in [0.05, 0.1) is 0 Å². The second kappa shape index (κ2) is 5.49. The lowest BCUT2D eigenvalue weighted by Gasteiger charge is -2.27. The third kappa shape index (κ3) is 2.33. The van der Waals surface area contributed by atoms with Gasteiger partial charge in [-0.2, -0.15) is 0 Å². The average Bonchev–Trinajstić information content (AvgIpc) is 3.12. The van der Waals surface area contributed by atoms with E-state index >= 15 is 0 Å². The van der Waals surface area contributed by atoms with Gasteiger partial charge in [0.15, 0.2) is 5.69 Å². The summed E-state index contributed by atoms with van der Waals surface area (Å²) in [6, 6.07) is 10.3. The molecular formula is C16H18N2O2. The van der Waals surface area contributed by atoms with Crippen molar-refractivity contribution < 1.29 is 9.32 Å². The Morgan fingerprint density at radius 1 is 1.30 bits per heavy atom. The number of amides is 1. The number of rotatable bonds is 4. The third-order valence-corrected chi connectivity index (χ3v) is 3.85. The Morgan fingerprint density at radius 3 is 2.55 bits per heavy atom. The summed E-state index contributed by atoms with van der Waals surface area (Å²) in [7, 11) is 0. The Hall–Kier alpha value is -2.10. The predicted molar refractivity (Wildman–Crippen MR) is 75.5 cm³/mol. The SMILES string of the molecule is CCCN(C(=O)c1ccon1)C1Cc2ccccc2C1. The van der Waals surface area contributed by atoms with Gasteiger partial charge >= 0.3 is 0 Å². The summed E-state index contributed by atoms with van der Waals surface area (Å²) in [5.74, 6) is -0.0293. The van der Waals surface area contributed by atoms with Gasteiger partial charge in [0.2, 0.25) is 0 Å². The first-order valence-electron chi connectivity index (χ1n) is 7.07. The zero-order chi connectivity index (χ0) is 13.9. The van der Waals surface area contributed by atoms with E-state index in [1.54, 1.807) is 6.07 Å². The van der Waals surface area contributed by atoms with Crippen molar-refractivity contribution in [3.63, 3.8) is 0 Å². The number of carbonyl (C=O) groups excluding carboxylic acids is 1. The molecule has 0 atom stereocenters. The normalized spacial score (nSPS) is 14.2. The molecule has 0 N–H and O–H groups in total. The van der Waals surface area contributed by atoms with Gasteiger partial charge in [-0.1, -0.05) is 36.3 Å². The summed E-state index contributed by atoms with van der Waals surface area (Å²) in [5, 5.41) is 3.77. The molecule has 0 spiro atoms. The molecule has 1 aromatic carbocycles. The highest BCUT2D eigenvalue weighted by molar-refractivity contribution is 5.92. The molecular weight excluding hydrogens is 252 g/mol. The van der Waals surface area contributed by atoms with Gasteiger partial charge in [0.1, 0.15) is 6.26 Å². The monoisotopic (exact) mass is 270 g/mol. The highest BCUT2D eigenvalue weighted by atomic mass is 16.5. The van der Waals surface area contributed by atoms with Crippen molar-refractivity contribution in [2.24, 2.45) is 0 Å². The van der Waals surface area contributed by atoms with E-state index in [0.717, 1.165) is 25.8 Å². The third-order valence-electron chi connectivity index (χ3n) is 3.85. The molecule has 0 saturated carbocycles. The van der Waals surface area contributed by atoms with Crippen LogP contribution in [-0.4, -0.2) is 28.6 Å². The summed E-state index contributed by atoms with van der Waals surface area (Å²) in [4.78, 5) is 14.5. The number of hydrogen-bond donors (Lipinski definition) is 0. The van der Waals surface area contributed by atoms with Crippen molar-refractivity contribution >= 4 is 5.91 Å². The van der Waals surface area contributed by atoms with Gasteiger partial charge < -0.3 is 9.42 Å². The molecule has 104 valence electrons. The van der Waals surface area contributed by atoms with E-state index in [2.05, 4.69) is 36.3 Å². The van der Waals surface area contributed by atoms with Crippen molar-refractivity contribution in [1.82, 2.24) is 10.1 Å². The first kappa shape index (κ1) is 12.9. The van der Waals surface area contributed by atoms with Gasteiger partial charge in [-0.25, -0.2) is 0 Å². The topological polar surface area (TPSA) is 46.3 Å². The van der Waals surface area contributed by atoms with Crippen molar-refractivity contribution in [3.8, 4) is 0 Å². The number of carbonyl (C=O) groups is 1. The van der Waals surface area contributed by atoms with Gasteiger partial charge in [-0.15, -0.1) is 0 Å². The molecule has 4 heteroatoms. The maximum absolute atomic E-state index is 12.5. The van der Waals surface area contributed by atoms with E-state index < -0.39 is 0 Å². The fraction of sp³-hybridized carbons (Fsp3) is 0.375. The van der Waals surface area contributed by atoms with E-state index in [1.165, 1.54) is 17.4 Å². The standard InChI is InChI=1S/C16H18N2O2/c1-2-8-18(16(19)15-7-9-20-17-15)14-10-12-5-3-4-6-13(12)11-14/h3-7,9,14H,2,8,10-11H2,1H3. The summed E-state index contributed by atoms with van der Waals surface area (Å²) in [5.41, 5.74) is 3.10. The minimum atomic E-state index is -0.0293. The molecule has 0 radical (unpaired) electrons. The largest absolute Gasteiger partial charge is 0.364 e. The minimum Gasteiger partial charge on any atom is -0.364 e. The Kier molecular flexibility index (Phi) is 3.54. The molecule has 1 amide bonds. The minimum absolute atomic E-state index is 0.0293. The molecule has 0 unspecified atom stereocenters. The van der Waals surface area contributed by atoms with Crippen molar-refractivity contribution in [2.75, 3.05) is 6.54 Å². The van der Waals surface area contributed by atoms with Crippen LogP contribution in [0.1, 0.15) is 35.0 Å². The van der Waals surface area contributed by atoms with E-state index in [0.29, 0.717) is 5.69 Å². The number of aromatic nitrogens is 1. The van der Waals surface area contributed by atoms with Gasteiger partial charge in [0, 0.05) is 18.7 Å². The van der Waals surface area contributed by atoms with Crippen LogP contribution in [0.25, 0.3) is 0 Å².